The van der Waals surface area contributed by atoms with Crippen LogP contribution in [-0.4, -0.2) is 54.7 Å². The smallest absolute Gasteiger partial charge is 0.245 e. The summed E-state index contributed by atoms with van der Waals surface area (Å²) in [6.07, 6.45) is -4.54. The summed E-state index contributed by atoms with van der Waals surface area (Å²) in [7, 11) is 0. The quantitative estimate of drug-likeness (QED) is 0.614. The lowest BCUT2D eigenvalue weighted by molar-refractivity contribution is -0.0459. The number of imidazole rings is 1. The Hall–Kier alpha value is -1.91. The molecule has 0 spiro atoms. The van der Waals surface area contributed by atoms with E-state index in [1.807, 2.05) is 0 Å². The molecule has 3 heterocycles. The standard InChI is InChI=1S/C10H11F2N5O3/c11-4-6(19)3(1-18)20-9(4)17-2-14-5-7(12)15-10(13)16-8(5)17/h2-4,6,9,18-19H,1H2,(H2,13,15,16)/t3-,4?,6?,9-/m1/s1. The van der Waals surface area contributed by atoms with Crippen molar-refractivity contribution in [3.63, 3.8) is 0 Å². The van der Waals surface area contributed by atoms with Crippen LogP contribution in [0.4, 0.5) is 14.7 Å². The first-order valence-corrected chi connectivity index (χ1v) is 5.77. The molecule has 0 amide bonds. The number of fused-ring (bicyclic) bond motifs is 1. The molecule has 2 aromatic rings. The van der Waals surface area contributed by atoms with Crippen molar-refractivity contribution in [2.75, 3.05) is 12.3 Å². The molecule has 2 aromatic heterocycles. The number of aliphatic hydroxyl groups excluding tert-OH is 2. The molecule has 3 rings (SSSR count). The van der Waals surface area contributed by atoms with Gasteiger partial charge in [0.25, 0.3) is 0 Å². The number of nitrogens with zero attached hydrogens (tertiary/aromatic N) is 4. The van der Waals surface area contributed by atoms with Crippen molar-refractivity contribution in [1.29, 1.82) is 0 Å². The number of nitrogens with two attached hydrogens (primary N) is 1. The summed E-state index contributed by atoms with van der Waals surface area (Å²) in [5.74, 6) is -1.26. The van der Waals surface area contributed by atoms with E-state index in [-0.39, 0.29) is 17.1 Å². The van der Waals surface area contributed by atoms with Crippen molar-refractivity contribution in [2.45, 2.75) is 24.6 Å². The second-order valence-electron chi connectivity index (χ2n) is 4.38. The Balaban J connectivity index is 2.07. The van der Waals surface area contributed by atoms with E-state index in [1.165, 1.54) is 0 Å². The fourth-order valence-corrected chi connectivity index (χ4v) is 2.16. The average molecular weight is 287 g/mol. The molecule has 8 nitrogen and oxygen atoms in total. The van der Waals surface area contributed by atoms with Crippen molar-refractivity contribution in [3.05, 3.63) is 12.3 Å². The van der Waals surface area contributed by atoms with Gasteiger partial charge >= 0.3 is 0 Å². The summed E-state index contributed by atoms with van der Waals surface area (Å²) in [4.78, 5) is 10.8. The van der Waals surface area contributed by atoms with Crippen LogP contribution in [0.3, 0.4) is 0 Å². The number of hydrogen-bond donors (Lipinski definition) is 3. The van der Waals surface area contributed by atoms with E-state index < -0.39 is 37.2 Å². The number of ether oxygens (including phenoxy) is 1. The maximum atomic E-state index is 14.0. The molecule has 0 radical (unpaired) electrons. The van der Waals surface area contributed by atoms with Crippen LogP contribution in [0.1, 0.15) is 6.23 Å². The predicted octanol–water partition coefficient (Wildman–Crippen LogP) is -0.864. The van der Waals surface area contributed by atoms with Crippen LogP contribution >= 0.6 is 0 Å². The van der Waals surface area contributed by atoms with Gasteiger partial charge in [0.05, 0.1) is 12.9 Å². The van der Waals surface area contributed by atoms with Crippen LogP contribution in [-0.2, 0) is 4.74 Å². The van der Waals surface area contributed by atoms with E-state index in [2.05, 4.69) is 15.0 Å². The molecular weight excluding hydrogens is 276 g/mol. The van der Waals surface area contributed by atoms with Crippen molar-refractivity contribution < 1.29 is 23.7 Å². The summed E-state index contributed by atoms with van der Waals surface area (Å²) in [6, 6.07) is 0. The summed E-state index contributed by atoms with van der Waals surface area (Å²) in [5.41, 5.74) is 5.11. The van der Waals surface area contributed by atoms with Crippen LogP contribution in [0.15, 0.2) is 6.33 Å². The molecule has 4 atom stereocenters. The van der Waals surface area contributed by atoms with Gasteiger partial charge in [-0.25, -0.2) is 9.37 Å². The third-order valence-electron chi connectivity index (χ3n) is 3.14. The Morgan fingerprint density at radius 2 is 2.20 bits per heavy atom. The molecule has 0 aromatic carbocycles. The lowest BCUT2D eigenvalue weighted by Crippen LogP contribution is -2.30. The summed E-state index contributed by atoms with van der Waals surface area (Å²) >= 11 is 0. The molecule has 1 aliphatic heterocycles. The van der Waals surface area contributed by atoms with Crippen molar-refractivity contribution in [2.24, 2.45) is 0 Å². The fraction of sp³-hybridized carbons (Fsp3) is 0.500. The molecule has 0 bridgehead atoms. The topological polar surface area (TPSA) is 119 Å². The van der Waals surface area contributed by atoms with E-state index in [9.17, 15) is 13.9 Å². The van der Waals surface area contributed by atoms with Gasteiger partial charge in [-0.1, -0.05) is 0 Å². The number of aromatic nitrogens is 4. The van der Waals surface area contributed by atoms with Gasteiger partial charge < -0.3 is 20.7 Å². The maximum absolute atomic E-state index is 14.0. The highest BCUT2D eigenvalue weighted by Crippen LogP contribution is 2.33. The maximum Gasteiger partial charge on any atom is 0.245 e. The van der Waals surface area contributed by atoms with Crippen LogP contribution < -0.4 is 5.73 Å². The molecule has 4 N–H and O–H groups in total. The predicted molar refractivity (Wildman–Crippen MR) is 61.6 cm³/mol. The minimum absolute atomic E-state index is 0.0477. The fourth-order valence-electron chi connectivity index (χ4n) is 2.16. The van der Waals surface area contributed by atoms with Crippen molar-refractivity contribution >= 4 is 17.1 Å². The van der Waals surface area contributed by atoms with Gasteiger partial charge in [-0.2, -0.15) is 14.4 Å². The number of hydrogen-bond acceptors (Lipinski definition) is 7. The minimum Gasteiger partial charge on any atom is -0.394 e. The van der Waals surface area contributed by atoms with Gasteiger partial charge in [0.2, 0.25) is 11.9 Å². The molecule has 10 heteroatoms. The summed E-state index contributed by atoms with van der Waals surface area (Å²) < 4.78 is 33.8. The van der Waals surface area contributed by atoms with Gasteiger partial charge in [0, 0.05) is 0 Å². The minimum atomic E-state index is -1.82. The van der Waals surface area contributed by atoms with Gasteiger partial charge in [0.15, 0.2) is 23.6 Å². The SMILES string of the molecule is Nc1nc(F)c2ncn([C@@H]3O[C@H](CO)C(O)C3F)c2n1. The second-order valence-corrected chi connectivity index (χ2v) is 4.38. The van der Waals surface area contributed by atoms with E-state index in [0.29, 0.717) is 0 Å². The normalized spacial score (nSPS) is 30.2. The second kappa shape index (κ2) is 4.58. The molecule has 108 valence electrons. The highest BCUT2D eigenvalue weighted by Gasteiger charge is 2.45. The molecule has 0 saturated carbocycles. The van der Waals surface area contributed by atoms with Gasteiger partial charge in [0.1, 0.15) is 12.2 Å². The summed E-state index contributed by atoms with van der Waals surface area (Å²) in [5, 5.41) is 18.6. The molecule has 1 fully saturated rings. The van der Waals surface area contributed by atoms with Gasteiger partial charge in [-0.3, -0.25) is 4.57 Å². The van der Waals surface area contributed by atoms with Crippen LogP contribution in [0, 0.1) is 5.95 Å². The Labute approximate surface area is 110 Å². The Bertz CT molecular complexity index is 651. The highest BCUT2D eigenvalue weighted by atomic mass is 19.1. The average Bonchev–Trinajstić information content (AvgIpc) is 2.93. The number of alkyl halides is 1. The van der Waals surface area contributed by atoms with Crippen LogP contribution in [0.25, 0.3) is 11.2 Å². The van der Waals surface area contributed by atoms with E-state index >= 15 is 0 Å². The first-order chi connectivity index (χ1) is 9.52. The third-order valence-corrected chi connectivity index (χ3v) is 3.14. The van der Waals surface area contributed by atoms with Crippen LogP contribution in [0.2, 0.25) is 0 Å². The molecule has 1 aliphatic rings. The molecule has 1 saturated heterocycles. The Kier molecular flexibility index (Phi) is 3.00. The van der Waals surface area contributed by atoms with Gasteiger partial charge in [-0.05, 0) is 0 Å². The van der Waals surface area contributed by atoms with E-state index in [0.717, 1.165) is 10.9 Å². The molecule has 2 unspecified atom stereocenters. The molecule has 20 heavy (non-hydrogen) atoms. The number of nitrogen functional groups attached to an aromatic ring is 1. The zero-order valence-electron chi connectivity index (χ0n) is 10.0. The lowest BCUT2D eigenvalue weighted by Gasteiger charge is -2.14. The number of aliphatic hydroxyl groups is 2. The van der Waals surface area contributed by atoms with E-state index in [4.69, 9.17) is 15.6 Å². The van der Waals surface area contributed by atoms with Crippen molar-refractivity contribution in [1.82, 2.24) is 19.5 Å². The Morgan fingerprint density at radius 1 is 1.45 bits per heavy atom. The largest absolute Gasteiger partial charge is 0.394 e. The molecular formula is C10H11F2N5O3. The Morgan fingerprint density at radius 3 is 2.85 bits per heavy atom. The number of rotatable bonds is 2. The zero-order valence-corrected chi connectivity index (χ0v) is 10.0. The van der Waals surface area contributed by atoms with Crippen LogP contribution in [0.5, 0.6) is 0 Å². The van der Waals surface area contributed by atoms with Gasteiger partial charge in [-0.15, -0.1) is 0 Å². The summed E-state index contributed by atoms with van der Waals surface area (Å²) in [6.45, 7) is -0.545. The monoisotopic (exact) mass is 287 g/mol. The lowest BCUT2D eigenvalue weighted by atomic mass is 10.1. The number of anilines is 1. The number of halogens is 2. The highest BCUT2D eigenvalue weighted by molar-refractivity contribution is 5.71. The zero-order chi connectivity index (χ0) is 14.4. The molecule has 0 aliphatic carbocycles. The third kappa shape index (κ3) is 1.80. The van der Waals surface area contributed by atoms with Crippen molar-refractivity contribution in [3.8, 4) is 0 Å². The first-order valence-electron chi connectivity index (χ1n) is 5.77. The first kappa shape index (κ1) is 13.1. The van der Waals surface area contributed by atoms with E-state index in [1.54, 1.807) is 0 Å².